The Balaban J connectivity index is 2.52. The highest BCUT2D eigenvalue weighted by atomic mass is 19.3. The van der Waals surface area contributed by atoms with Gasteiger partial charge in [-0.1, -0.05) is 27.7 Å². The molecule has 2 N–H and O–H groups in total. The van der Waals surface area contributed by atoms with Crippen molar-refractivity contribution in [2.45, 2.75) is 59.1 Å². The van der Waals surface area contributed by atoms with Gasteiger partial charge in [-0.3, -0.25) is 0 Å². The van der Waals surface area contributed by atoms with Crippen LogP contribution in [-0.4, -0.2) is 51.2 Å². The first-order valence-electron chi connectivity index (χ1n) is 9.27. The summed E-state index contributed by atoms with van der Waals surface area (Å²) < 4.78 is 39.5. The van der Waals surface area contributed by atoms with E-state index >= 15 is 0 Å². The zero-order valence-electron chi connectivity index (χ0n) is 16.8. The molecule has 0 aromatic rings. The zero-order chi connectivity index (χ0) is 20.7. The Morgan fingerprint density at radius 3 is 2.44 bits per heavy atom. The predicted molar refractivity (Wildman–Crippen MR) is 95.5 cm³/mol. The Morgan fingerprint density at radius 2 is 1.89 bits per heavy atom. The Bertz CT molecular complexity index is 502. The van der Waals surface area contributed by atoms with Crippen LogP contribution in [0.1, 0.15) is 47.0 Å². The Hall–Kier alpha value is -1.64. The number of alkyl carbamates (subject to hydrolysis) is 2. The summed E-state index contributed by atoms with van der Waals surface area (Å²) in [7, 11) is 0.846. The van der Waals surface area contributed by atoms with E-state index in [0.29, 0.717) is 26.0 Å². The molecule has 9 heteroatoms. The van der Waals surface area contributed by atoms with E-state index in [2.05, 4.69) is 34.0 Å². The number of alkyl halides is 2. The van der Waals surface area contributed by atoms with E-state index in [1.54, 1.807) is 0 Å². The fourth-order valence-electron chi connectivity index (χ4n) is 3.70. The summed E-state index contributed by atoms with van der Waals surface area (Å²) in [6.45, 7) is 7.82. The van der Waals surface area contributed by atoms with Gasteiger partial charge in [0, 0.05) is 19.7 Å². The van der Waals surface area contributed by atoms with Crippen LogP contribution in [-0.2, 0) is 14.2 Å². The molecule has 27 heavy (non-hydrogen) atoms. The second-order valence-corrected chi connectivity index (χ2v) is 7.79. The fourth-order valence-corrected chi connectivity index (χ4v) is 3.70. The van der Waals surface area contributed by atoms with E-state index < -0.39 is 24.9 Å². The van der Waals surface area contributed by atoms with Crippen LogP contribution >= 0.6 is 0 Å². The van der Waals surface area contributed by atoms with E-state index in [0.717, 1.165) is 13.5 Å². The number of halogens is 2. The van der Waals surface area contributed by atoms with Gasteiger partial charge in [-0.15, -0.1) is 0 Å². The van der Waals surface area contributed by atoms with E-state index in [1.807, 2.05) is 13.8 Å². The number of ether oxygens (including phenoxy) is 3. The topological polar surface area (TPSA) is 85.9 Å². The van der Waals surface area contributed by atoms with Gasteiger partial charge in [0.1, 0.15) is 0 Å². The van der Waals surface area contributed by atoms with Crippen LogP contribution in [0.15, 0.2) is 0 Å². The third-order valence-corrected chi connectivity index (χ3v) is 5.01. The first-order valence-corrected chi connectivity index (χ1v) is 9.27. The standard InChI is InChI=1S/C18H32F2N2O5/c1-6-7-26-15(23)21-10-14-12(2)8-13(9-17(14,3)4)22-16(24)27-11-18(19,20)25-5/h12-14H,6-11H2,1-5H3,(H,21,23)(H,22,24). The van der Waals surface area contributed by atoms with E-state index in [1.165, 1.54) is 0 Å². The number of carbonyl (C=O) groups excluding carboxylic acids is 2. The van der Waals surface area contributed by atoms with Crippen molar-refractivity contribution >= 4 is 12.2 Å². The number of hydrogen-bond donors (Lipinski definition) is 2. The average molecular weight is 394 g/mol. The molecule has 0 heterocycles. The molecule has 3 unspecified atom stereocenters. The quantitative estimate of drug-likeness (QED) is 0.658. The van der Waals surface area contributed by atoms with Crippen LogP contribution in [0.4, 0.5) is 18.4 Å². The minimum Gasteiger partial charge on any atom is -0.450 e. The number of nitrogens with one attached hydrogen (secondary N) is 2. The molecular formula is C18H32F2N2O5. The van der Waals surface area contributed by atoms with Crippen molar-refractivity contribution in [2.75, 3.05) is 26.9 Å². The normalized spacial score (nSPS) is 24.8. The Labute approximate surface area is 159 Å². The maximum Gasteiger partial charge on any atom is 0.407 e. The molecule has 1 aliphatic rings. The van der Waals surface area contributed by atoms with E-state index in [-0.39, 0.29) is 23.3 Å². The summed E-state index contributed by atoms with van der Waals surface area (Å²) in [6.07, 6.45) is -2.75. The number of rotatable bonds is 8. The van der Waals surface area contributed by atoms with Gasteiger partial charge >= 0.3 is 18.3 Å². The van der Waals surface area contributed by atoms with Crippen LogP contribution in [0.5, 0.6) is 0 Å². The summed E-state index contributed by atoms with van der Waals surface area (Å²) in [5.41, 5.74) is -0.176. The molecule has 1 saturated carbocycles. The molecule has 0 radical (unpaired) electrons. The van der Waals surface area contributed by atoms with Crippen molar-refractivity contribution < 1.29 is 32.6 Å². The smallest absolute Gasteiger partial charge is 0.407 e. The summed E-state index contributed by atoms with van der Waals surface area (Å²) in [5, 5.41) is 5.45. The van der Waals surface area contributed by atoms with Crippen LogP contribution in [0.25, 0.3) is 0 Å². The van der Waals surface area contributed by atoms with Crippen molar-refractivity contribution in [2.24, 2.45) is 17.3 Å². The predicted octanol–water partition coefficient (Wildman–Crippen LogP) is 3.53. The van der Waals surface area contributed by atoms with E-state index in [4.69, 9.17) is 4.74 Å². The van der Waals surface area contributed by atoms with Crippen LogP contribution in [0.2, 0.25) is 0 Å². The van der Waals surface area contributed by atoms with Crippen molar-refractivity contribution in [1.82, 2.24) is 10.6 Å². The van der Waals surface area contributed by atoms with Crippen LogP contribution < -0.4 is 10.6 Å². The second kappa shape index (κ2) is 10.1. The highest BCUT2D eigenvalue weighted by Crippen LogP contribution is 2.43. The largest absolute Gasteiger partial charge is 0.450 e. The Kier molecular flexibility index (Phi) is 8.71. The van der Waals surface area contributed by atoms with Gasteiger partial charge < -0.3 is 24.8 Å². The third-order valence-electron chi connectivity index (χ3n) is 5.01. The van der Waals surface area contributed by atoms with E-state index in [9.17, 15) is 18.4 Å². The monoisotopic (exact) mass is 394 g/mol. The van der Waals surface area contributed by atoms with Crippen LogP contribution in [0.3, 0.4) is 0 Å². The van der Waals surface area contributed by atoms with Gasteiger partial charge in [0.2, 0.25) is 0 Å². The van der Waals surface area contributed by atoms with Crippen molar-refractivity contribution in [1.29, 1.82) is 0 Å². The lowest BCUT2D eigenvalue weighted by atomic mass is 9.62. The molecule has 0 spiro atoms. The van der Waals surface area contributed by atoms with Gasteiger partial charge in [0.15, 0.2) is 6.61 Å². The summed E-state index contributed by atoms with van der Waals surface area (Å²) in [5.74, 6) is 0.393. The number of hydrogen-bond acceptors (Lipinski definition) is 5. The molecule has 1 rings (SSSR count). The molecule has 3 atom stereocenters. The van der Waals surface area contributed by atoms with Crippen molar-refractivity contribution in [3.05, 3.63) is 0 Å². The molecule has 1 aliphatic carbocycles. The molecule has 7 nitrogen and oxygen atoms in total. The van der Waals surface area contributed by atoms with Gasteiger partial charge in [0.25, 0.3) is 0 Å². The van der Waals surface area contributed by atoms with Gasteiger partial charge in [-0.25, -0.2) is 9.59 Å². The molecule has 0 aromatic heterocycles. The molecule has 0 saturated heterocycles. The lowest BCUT2D eigenvalue weighted by molar-refractivity contribution is -0.241. The lowest BCUT2D eigenvalue weighted by Gasteiger charge is -2.46. The van der Waals surface area contributed by atoms with Gasteiger partial charge in [0.05, 0.1) is 6.61 Å². The molecule has 0 bridgehead atoms. The van der Waals surface area contributed by atoms with Gasteiger partial charge in [-0.05, 0) is 36.5 Å². The van der Waals surface area contributed by atoms with Crippen molar-refractivity contribution in [3.63, 3.8) is 0 Å². The average Bonchev–Trinajstić information content (AvgIpc) is 2.56. The lowest BCUT2D eigenvalue weighted by Crippen LogP contribution is -2.51. The molecule has 0 aromatic carbocycles. The highest BCUT2D eigenvalue weighted by molar-refractivity contribution is 5.67. The molecular weight excluding hydrogens is 362 g/mol. The first kappa shape index (κ1) is 23.4. The molecule has 158 valence electrons. The Morgan fingerprint density at radius 1 is 1.22 bits per heavy atom. The SMILES string of the molecule is CCCOC(=O)NCC1C(C)CC(NC(=O)OCC(F)(F)OC)CC1(C)C. The molecule has 0 aliphatic heterocycles. The number of amides is 2. The minimum absolute atomic E-state index is 0.176. The first-order chi connectivity index (χ1) is 12.5. The second-order valence-electron chi connectivity index (χ2n) is 7.79. The number of carbonyl (C=O) groups is 2. The fraction of sp³-hybridized carbons (Fsp3) is 0.889. The minimum atomic E-state index is -3.50. The highest BCUT2D eigenvalue weighted by Gasteiger charge is 2.42. The van der Waals surface area contributed by atoms with Gasteiger partial charge in [-0.2, -0.15) is 8.78 Å². The van der Waals surface area contributed by atoms with Crippen LogP contribution in [0, 0.1) is 17.3 Å². The zero-order valence-corrected chi connectivity index (χ0v) is 16.8. The summed E-state index contributed by atoms with van der Waals surface area (Å²) in [6, 6.07) is -0.193. The third kappa shape index (κ3) is 7.86. The maximum atomic E-state index is 13.0. The molecule has 2 amide bonds. The van der Waals surface area contributed by atoms with Crippen molar-refractivity contribution in [3.8, 4) is 0 Å². The number of methoxy groups -OCH3 is 1. The summed E-state index contributed by atoms with van der Waals surface area (Å²) >= 11 is 0. The molecule has 1 fully saturated rings. The maximum absolute atomic E-state index is 13.0. The summed E-state index contributed by atoms with van der Waals surface area (Å²) in [4.78, 5) is 23.5.